The number of nitrogens with zero attached hydrogens (tertiary/aromatic N) is 4. The molecule has 2 aromatic heterocycles. The second kappa shape index (κ2) is 4.00. The molecule has 1 aliphatic carbocycles. The van der Waals surface area contributed by atoms with Crippen molar-refractivity contribution in [3.63, 3.8) is 0 Å². The number of rotatable bonds is 2. The van der Waals surface area contributed by atoms with Gasteiger partial charge in [-0.2, -0.15) is 5.10 Å². The Bertz CT molecular complexity index is 616. The van der Waals surface area contributed by atoms with E-state index in [4.69, 9.17) is 11.6 Å². The van der Waals surface area contributed by atoms with E-state index < -0.39 is 0 Å². The maximum absolute atomic E-state index is 12.1. The van der Waals surface area contributed by atoms with Gasteiger partial charge in [0.15, 0.2) is 0 Å². The highest BCUT2D eigenvalue weighted by Crippen LogP contribution is 2.15. The molecule has 6 heteroatoms. The molecule has 0 fully saturated rings. The number of fused-ring (bicyclic) bond motifs is 1. The van der Waals surface area contributed by atoms with Crippen LogP contribution in [0.5, 0.6) is 0 Å². The van der Waals surface area contributed by atoms with Gasteiger partial charge in [0.05, 0.1) is 23.2 Å². The molecule has 5 nitrogen and oxygen atoms in total. The van der Waals surface area contributed by atoms with Crippen molar-refractivity contribution >= 4 is 11.6 Å². The highest BCUT2D eigenvalue weighted by Gasteiger charge is 2.17. The summed E-state index contributed by atoms with van der Waals surface area (Å²) in [5, 5.41) is 4.61. The monoisotopic (exact) mass is 250 g/mol. The lowest BCUT2D eigenvalue weighted by Gasteiger charge is -2.07. The fourth-order valence-electron chi connectivity index (χ4n) is 2.14. The first-order valence-electron chi connectivity index (χ1n) is 5.49. The maximum Gasteiger partial charge on any atom is 0.258 e. The molecule has 0 aliphatic heterocycles. The largest absolute Gasteiger partial charge is 0.279 e. The van der Waals surface area contributed by atoms with Crippen molar-refractivity contribution in [2.45, 2.75) is 25.9 Å². The van der Waals surface area contributed by atoms with Crippen LogP contribution in [0.3, 0.4) is 0 Å². The van der Waals surface area contributed by atoms with Crippen molar-refractivity contribution < 1.29 is 0 Å². The van der Waals surface area contributed by atoms with Crippen LogP contribution in [0.1, 0.15) is 17.7 Å². The summed E-state index contributed by atoms with van der Waals surface area (Å²) >= 11 is 5.77. The topological polar surface area (TPSA) is 52.7 Å². The third-order valence-electron chi connectivity index (χ3n) is 2.96. The predicted molar refractivity (Wildman–Crippen MR) is 63.2 cm³/mol. The lowest BCUT2D eigenvalue weighted by atomic mass is 10.3. The van der Waals surface area contributed by atoms with Gasteiger partial charge >= 0.3 is 0 Å². The minimum Gasteiger partial charge on any atom is -0.279 e. The van der Waals surface area contributed by atoms with Crippen LogP contribution in [0, 0.1) is 0 Å². The van der Waals surface area contributed by atoms with Crippen molar-refractivity contribution in [2.24, 2.45) is 0 Å². The van der Waals surface area contributed by atoms with Gasteiger partial charge in [0.2, 0.25) is 0 Å². The molecule has 2 heterocycles. The highest BCUT2D eigenvalue weighted by atomic mass is 35.5. The molecule has 0 radical (unpaired) electrons. The normalized spacial score (nSPS) is 13.9. The quantitative estimate of drug-likeness (QED) is 0.802. The Morgan fingerprint density at radius 1 is 1.41 bits per heavy atom. The molecule has 0 aromatic carbocycles. The fraction of sp³-hybridized carbons (Fsp3) is 0.364. The van der Waals surface area contributed by atoms with E-state index in [1.165, 1.54) is 0 Å². The predicted octanol–water partition coefficient (Wildman–Crippen LogP) is 1.09. The van der Waals surface area contributed by atoms with Crippen LogP contribution in [0.4, 0.5) is 0 Å². The third-order valence-corrected chi connectivity index (χ3v) is 3.15. The number of hydrogen-bond acceptors (Lipinski definition) is 3. The van der Waals surface area contributed by atoms with Crippen LogP contribution < -0.4 is 5.56 Å². The molecule has 0 spiro atoms. The first-order valence-corrected chi connectivity index (χ1v) is 5.87. The van der Waals surface area contributed by atoms with Crippen molar-refractivity contribution in [3.05, 3.63) is 45.4 Å². The molecule has 0 unspecified atom stereocenters. The first-order chi connectivity index (χ1) is 8.24. The summed E-state index contributed by atoms with van der Waals surface area (Å²) in [4.78, 5) is 16.4. The van der Waals surface area contributed by atoms with Crippen molar-refractivity contribution in [1.82, 2.24) is 19.3 Å². The molecule has 0 N–H and O–H groups in total. The summed E-state index contributed by atoms with van der Waals surface area (Å²) in [6, 6.07) is 0. The molecule has 1 aliphatic rings. The molecule has 0 bridgehead atoms. The SMILES string of the molecule is O=c1c2c(ncn1Cn1cc(Cl)cn1)CCC2. The first kappa shape index (κ1) is 10.5. The summed E-state index contributed by atoms with van der Waals surface area (Å²) in [7, 11) is 0. The van der Waals surface area contributed by atoms with E-state index >= 15 is 0 Å². The van der Waals surface area contributed by atoms with Gasteiger partial charge in [-0.25, -0.2) is 4.98 Å². The van der Waals surface area contributed by atoms with Gasteiger partial charge in [-0.1, -0.05) is 11.6 Å². The van der Waals surface area contributed by atoms with E-state index in [0.717, 1.165) is 30.5 Å². The van der Waals surface area contributed by atoms with Gasteiger partial charge in [0.1, 0.15) is 6.67 Å². The van der Waals surface area contributed by atoms with Crippen LogP contribution in [-0.4, -0.2) is 19.3 Å². The Kier molecular flexibility index (Phi) is 2.48. The molecule has 2 aromatic rings. The molecular weight excluding hydrogens is 240 g/mol. The highest BCUT2D eigenvalue weighted by molar-refractivity contribution is 6.30. The summed E-state index contributed by atoms with van der Waals surface area (Å²) in [6.07, 6.45) is 7.59. The Hall–Kier alpha value is -1.62. The van der Waals surface area contributed by atoms with E-state index in [1.807, 2.05) is 0 Å². The van der Waals surface area contributed by atoms with E-state index in [1.54, 1.807) is 28.0 Å². The van der Waals surface area contributed by atoms with Gasteiger partial charge in [0, 0.05) is 11.8 Å². The van der Waals surface area contributed by atoms with Crippen molar-refractivity contribution in [1.29, 1.82) is 0 Å². The minimum atomic E-state index is 0.0409. The lowest BCUT2D eigenvalue weighted by molar-refractivity contribution is 0.524. The summed E-state index contributed by atoms with van der Waals surface area (Å²) in [5.74, 6) is 0. The molecule has 0 saturated heterocycles. The number of aryl methyl sites for hydroxylation is 1. The van der Waals surface area contributed by atoms with E-state index in [0.29, 0.717) is 11.7 Å². The lowest BCUT2D eigenvalue weighted by Crippen LogP contribution is -2.27. The van der Waals surface area contributed by atoms with Gasteiger partial charge in [-0.05, 0) is 19.3 Å². The molecule has 3 rings (SSSR count). The summed E-state index contributed by atoms with van der Waals surface area (Å²) in [5.41, 5.74) is 1.84. The van der Waals surface area contributed by atoms with Crippen molar-refractivity contribution in [3.8, 4) is 0 Å². The Balaban J connectivity index is 1.97. The maximum atomic E-state index is 12.1. The van der Waals surface area contributed by atoms with Gasteiger partial charge in [-0.3, -0.25) is 14.0 Å². The minimum absolute atomic E-state index is 0.0409. The van der Waals surface area contributed by atoms with Crippen LogP contribution in [0.15, 0.2) is 23.5 Å². The molecule has 0 amide bonds. The average Bonchev–Trinajstić information content (AvgIpc) is 2.92. The standard InChI is InChI=1S/C11H11ClN4O/c12-8-4-14-16(5-8)7-15-6-13-10-3-1-2-9(10)11(15)17/h4-6H,1-3,7H2. The molecule has 17 heavy (non-hydrogen) atoms. The van der Waals surface area contributed by atoms with Gasteiger partial charge in [-0.15, -0.1) is 0 Å². The molecule has 0 atom stereocenters. The van der Waals surface area contributed by atoms with E-state index in [9.17, 15) is 4.79 Å². The van der Waals surface area contributed by atoms with Gasteiger partial charge in [0.25, 0.3) is 5.56 Å². The fourth-order valence-corrected chi connectivity index (χ4v) is 2.29. The molecule has 0 saturated carbocycles. The average molecular weight is 251 g/mol. The number of aromatic nitrogens is 4. The van der Waals surface area contributed by atoms with Crippen molar-refractivity contribution in [2.75, 3.05) is 0 Å². The van der Waals surface area contributed by atoms with Crippen LogP contribution in [-0.2, 0) is 19.5 Å². The zero-order chi connectivity index (χ0) is 11.8. The number of hydrogen-bond donors (Lipinski definition) is 0. The smallest absolute Gasteiger partial charge is 0.258 e. The van der Waals surface area contributed by atoms with Gasteiger partial charge < -0.3 is 0 Å². The molecular formula is C11H11ClN4O. The number of halogens is 1. The van der Waals surface area contributed by atoms with Crippen LogP contribution >= 0.6 is 11.6 Å². The van der Waals surface area contributed by atoms with Crippen LogP contribution in [0.2, 0.25) is 5.02 Å². The second-order valence-electron chi connectivity index (χ2n) is 4.14. The summed E-state index contributed by atoms with van der Waals surface area (Å²) in [6.45, 7) is 0.353. The summed E-state index contributed by atoms with van der Waals surface area (Å²) < 4.78 is 3.18. The zero-order valence-corrected chi connectivity index (χ0v) is 9.89. The Labute approximate surface area is 103 Å². The van der Waals surface area contributed by atoms with Crippen LogP contribution in [0.25, 0.3) is 0 Å². The van der Waals surface area contributed by atoms with E-state index in [-0.39, 0.29) is 5.56 Å². The van der Waals surface area contributed by atoms with E-state index in [2.05, 4.69) is 10.1 Å². The second-order valence-corrected chi connectivity index (χ2v) is 4.57. The zero-order valence-electron chi connectivity index (χ0n) is 9.14. The Morgan fingerprint density at radius 2 is 2.29 bits per heavy atom. The third kappa shape index (κ3) is 1.86. The molecule has 88 valence electrons. The Morgan fingerprint density at radius 3 is 3.06 bits per heavy atom.